The third-order valence-corrected chi connectivity index (χ3v) is 7.46. The number of hydrogen-bond acceptors (Lipinski definition) is 5. The molecule has 2 aromatic heterocycles. The Hall–Kier alpha value is -2.74. The topological polar surface area (TPSA) is 58.6 Å². The van der Waals surface area contributed by atoms with Gasteiger partial charge < -0.3 is 15.0 Å². The fourth-order valence-corrected chi connectivity index (χ4v) is 5.54. The van der Waals surface area contributed by atoms with E-state index in [0.717, 1.165) is 26.4 Å². The summed E-state index contributed by atoms with van der Waals surface area (Å²) in [5.41, 5.74) is 3.63. The molecule has 0 bridgehead atoms. The molecule has 0 spiro atoms. The number of carbonyl (C=O) groups is 2. The fourth-order valence-electron chi connectivity index (χ4n) is 3.51. The summed E-state index contributed by atoms with van der Waals surface area (Å²) in [5, 5.41) is 5.55. The molecule has 31 heavy (non-hydrogen) atoms. The molecule has 1 fully saturated rings. The Morgan fingerprint density at radius 2 is 1.84 bits per heavy atom. The standard InChI is InChI=1S/C24H24N2O3S2/c1-16-10-15-30-19(16)8-9-20(27)25-23-21(24(28)26-11-13-29-14-12-26)17(2)22(31-23)18-6-4-3-5-7-18/h3-10,15H,11-14H2,1-2H3,(H,25,27)/b9-8+. The minimum absolute atomic E-state index is 0.0624. The highest BCUT2D eigenvalue weighted by molar-refractivity contribution is 7.20. The zero-order valence-corrected chi connectivity index (χ0v) is 19.1. The fraction of sp³-hybridized carbons (Fsp3) is 0.250. The van der Waals surface area contributed by atoms with E-state index in [1.165, 1.54) is 17.4 Å². The molecule has 1 saturated heterocycles. The van der Waals surface area contributed by atoms with Crippen LogP contribution in [-0.4, -0.2) is 43.0 Å². The highest BCUT2D eigenvalue weighted by Crippen LogP contribution is 2.40. The maximum atomic E-state index is 13.4. The number of aryl methyl sites for hydroxylation is 1. The van der Waals surface area contributed by atoms with Crippen molar-refractivity contribution in [3.63, 3.8) is 0 Å². The van der Waals surface area contributed by atoms with Crippen LogP contribution in [0.25, 0.3) is 16.5 Å². The molecule has 3 heterocycles. The normalized spacial score (nSPS) is 14.2. The first-order valence-corrected chi connectivity index (χ1v) is 11.8. The molecule has 1 aliphatic heterocycles. The molecule has 0 unspecified atom stereocenters. The van der Waals surface area contributed by atoms with Crippen LogP contribution < -0.4 is 5.32 Å². The summed E-state index contributed by atoms with van der Waals surface area (Å²) in [6, 6.07) is 12.0. The van der Waals surface area contributed by atoms with Crippen LogP contribution in [0.2, 0.25) is 0 Å². The van der Waals surface area contributed by atoms with Crippen molar-refractivity contribution in [3.8, 4) is 10.4 Å². The van der Waals surface area contributed by atoms with Crippen LogP contribution in [0.4, 0.5) is 5.00 Å². The summed E-state index contributed by atoms with van der Waals surface area (Å²) < 4.78 is 5.39. The molecule has 1 aromatic carbocycles. The van der Waals surface area contributed by atoms with Crippen LogP contribution in [-0.2, 0) is 9.53 Å². The van der Waals surface area contributed by atoms with Gasteiger partial charge in [-0.2, -0.15) is 0 Å². The Balaban J connectivity index is 1.66. The number of morpholine rings is 1. The molecule has 0 atom stereocenters. The van der Waals surface area contributed by atoms with Gasteiger partial charge in [-0.25, -0.2) is 0 Å². The number of nitrogens with zero attached hydrogens (tertiary/aromatic N) is 1. The summed E-state index contributed by atoms with van der Waals surface area (Å²) in [7, 11) is 0. The maximum absolute atomic E-state index is 13.4. The van der Waals surface area contributed by atoms with E-state index in [9.17, 15) is 9.59 Å². The lowest BCUT2D eigenvalue weighted by Crippen LogP contribution is -2.41. The van der Waals surface area contributed by atoms with Crippen molar-refractivity contribution < 1.29 is 14.3 Å². The van der Waals surface area contributed by atoms with Gasteiger partial charge in [-0.15, -0.1) is 22.7 Å². The van der Waals surface area contributed by atoms with Crippen molar-refractivity contribution in [2.45, 2.75) is 13.8 Å². The van der Waals surface area contributed by atoms with Gasteiger partial charge in [0, 0.05) is 28.9 Å². The third-order valence-electron chi connectivity index (χ3n) is 5.22. The van der Waals surface area contributed by atoms with Gasteiger partial charge in [0.05, 0.1) is 18.8 Å². The van der Waals surface area contributed by atoms with Crippen LogP contribution in [0.15, 0.2) is 47.9 Å². The molecule has 0 radical (unpaired) electrons. The highest BCUT2D eigenvalue weighted by Gasteiger charge is 2.27. The number of nitrogens with one attached hydrogen (secondary N) is 1. The third kappa shape index (κ3) is 4.79. The number of amides is 2. The summed E-state index contributed by atoms with van der Waals surface area (Å²) in [6.45, 7) is 6.14. The minimum Gasteiger partial charge on any atom is -0.378 e. The summed E-state index contributed by atoms with van der Waals surface area (Å²) in [4.78, 5) is 29.9. The van der Waals surface area contributed by atoms with Crippen molar-refractivity contribution in [2.24, 2.45) is 0 Å². The molecular weight excluding hydrogens is 428 g/mol. The van der Waals surface area contributed by atoms with Crippen LogP contribution >= 0.6 is 22.7 Å². The zero-order chi connectivity index (χ0) is 21.8. The number of hydrogen-bond donors (Lipinski definition) is 1. The molecule has 7 heteroatoms. The van der Waals surface area contributed by atoms with Crippen molar-refractivity contribution in [1.82, 2.24) is 4.90 Å². The maximum Gasteiger partial charge on any atom is 0.257 e. The minimum atomic E-state index is -0.246. The van der Waals surface area contributed by atoms with Gasteiger partial charge in [0.15, 0.2) is 0 Å². The number of rotatable bonds is 5. The second-order valence-corrected chi connectivity index (χ2v) is 9.29. The lowest BCUT2D eigenvalue weighted by molar-refractivity contribution is -0.111. The highest BCUT2D eigenvalue weighted by atomic mass is 32.1. The Labute approximate surface area is 190 Å². The first kappa shape index (κ1) is 21.5. The monoisotopic (exact) mass is 452 g/mol. The van der Waals surface area contributed by atoms with E-state index in [2.05, 4.69) is 5.32 Å². The van der Waals surface area contributed by atoms with Crippen molar-refractivity contribution in [1.29, 1.82) is 0 Å². The molecule has 3 aromatic rings. The molecule has 160 valence electrons. The van der Waals surface area contributed by atoms with Crippen LogP contribution in [0, 0.1) is 13.8 Å². The average Bonchev–Trinajstić information content (AvgIpc) is 3.35. The van der Waals surface area contributed by atoms with Gasteiger partial charge in [-0.1, -0.05) is 30.3 Å². The first-order chi connectivity index (χ1) is 15.0. The molecule has 1 aliphatic rings. The van der Waals surface area contributed by atoms with Crippen molar-refractivity contribution >= 4 is 45.6 Å². The van der Waals surface area contributed by atoms with Gasteiger partial charge in [-0.05, 0) is 48.1 Å². The van der Waals surface area contributed by atoms with Crippen LogP contribution in [0.1, 0.15) is 26.4 Å². The number of thiophene rings is 2. The second-order valence-electron chi connectivity index (χ2n) is 7.32. The van der Waals surface area contributed by atoms with E-state index < -0.39 is 0 Å². The van der Waals surface area contributed by atoms with E-state index >= 15 is 0 Å². The quantitative estimate of drug-likeness (QED) is 0.540. The van der Waals surface area contributed by atoms with Gasteiger partial charge >= 0.3 is 0 Å². The SMILES string of the molecule is Cc1ccsc1/C=C/C(=O)Nc1sc(-c2ccccc2)c(C)c1C(=O)N1CCOCC1. The summed E-state index contributed by atoms with van der Waals surface area (Å²) in [6.07, 6.45) is 3.34. The van der Waals surface area contributed by atoms with Crippen molar-refractivity contribution in [2.75, 3.05) is 31.6 Å². The Morgan fingerprint density at radius 1 is 1.10 bits per heavy atom. The summed E-state index contributed by atoms with van der Waals surface area (Å²) in [5.74, 6) is -0.308. The van der Waals surface area contributed by atoms with Gasteiger partial charge in [0.2, 0.25) is 5.91 Å². The lowest BCUT2D eigenvalue weighted by atomic mass is 10.1. The van der Waals surface area contributed by atoms with Gasteiger partial charge in [-0.3, -0.25) is 9.59 Å². The Bertz CT molecular complexity index is 1110. The molecule has 5 nitrogen and oxygen atoms in total. The lowest BCUT2D eigenvalue weighted by Gasteiger charge is -2.27. The number of carbonyl (C=O) groups excluding carboxylic acids is 2. The smallest absolute Gasteiger partial charge is 0.257 e. The molecule has 0 saturated carbocycles. The zero-order valence-electron chi connectivity index (χ0n) is 17.5. The Morgan fingerprint density at radius 3 is 2.52 bits per heavy atom. The molecular formula is C24H24N2O3S2. The van der Waals surface area contributed by atoms with E-state index in [-0.39, 0.29) is 11.8 Å². The summed E-state index contributed by atoms with van der Waals surface area (Å²) >= 11 is 3.04. The molecule has 0 aliphatic carbocycles. The molecule has 2 amide bonds. The second kappa shape index (κ2) is 9.60. The number of ether oxygens (including phenoxy) is 1. The number of anilines is 1. The van der Waals surface area contributed by atoms with Crippen LogP contribution in [0.5, 0.6) is 0 Å². The van der Waals surface area contributed by atoms with E-state index in [1.807, 2.05) is 61.7 Å². The largest absolute Gasteiger partial charge is 0.378 e. The predicted octanol–water partition coefficient (Wildman–Crippen LogP) is 5.22. The Kier molecular flexibility index (Phi) is 6.65. The van der Waals surface area contributed by atoms with E-state index in [4.69, 9.17) is 4.74 Å². The van der Waals surface area contributed by atoms with Gasteiger partial charge in [0.1, 0.15) is 5.00 Å². The number of benzene rings is 1. The van der Waals surface area contributed by atoms with Crippen molar-refractivity contribution in [3.05, 3.63) is 69.4 Å². The molecule has 4 rings (SSSR count). The van der Waals surface area contributed by atoms with E-state index in [0.29, 0.717) is 36.9 Å². The molecule has 1 N–H and O–H groups in total. The van der Waals surface area contributed by atoms with E-state index in [1.54, 1.807) is 16.2 Å². The first-order valence-electron chi connectivity index (χ1n) is 10.1. The van der Waals surface area contributed by atoms with Gasteiger partial charge in [0.25, 0.3) is 5.91 Å². The average molecular weight is 453 g/mol. The predicted molar refractivity (Wildman–Crippen MR) is 128 cm³/mol. The van der Waals surface area contributed by atoms with Crippen LogP contribution in [0.3, 0.4) is 0 Å².